The van der Waals surface area contributed by atoms with Gasteiger partial charge in [-0.05, 0) is 30.9 Å². The van der Waals surface area contributed by atoms with Crippen LogP contribution in [0.5, 0.6) is 0 Å². The van der Waals surface area contributed by atoms with Gasteiger partial charge in [-0.25, -0.2) is 18.1 Å². The third-order valence-electron chi connectivity index (χ3n) is 6.10. The summed E-state index contributed by atoms with van der Waals surface area (Å²) in [5, 5.41) is 6.89. The largest absolute Gasteiger partial charge is 2.00 e. The van der Waals surface area contributed by atoms with E-state index in [-0.39, 0.29) is 26.2 Å². The van der Waals surface area contributed by atoms with Crippen molar-refractivity contribution in [2.75, 3.05) is 0 Å². The van der Waals surface area contributed by atoms with Gasteiger partial charge in [-0.1, -0.05) is 73.2 Å². The zero-order valence-electron chi connectivity index (χ0n) is 18.2. The maximum absolute atomic E-state index is 2.37. The molecular weight excluding hydrogens is 483 g/mol. The number of allylic oxidation sites excluding steroid dienone is 4. The van der Waals surface area contributed by atoms with Gasteiger partial charge in [-0.15, -0.1) is 58.9 Å². The van der Waals surface area contributed by atoms with Crippen LogP contribution in [0, 0.1) is 12.3 Å². The van der Waals surface area contributed by atoms with E-state index in [9.17, 15) is 0 Å². The van der Waals surface area contributed by atoms with Crippen LogP contribution in [0.25, 0.3) is 10.8 Å². The van der Waals surface area contributed by atoms with Gasteiger partial charge in [0.1, 0.15) is 0 Å². The molecule has 0 nitrogen and oxygen atoms in total. The molecule has 32 heavy (non-hydrogen) atoms. The molecule has 2 aliphatic rings. The molecule has 0 aromatic heterocycles. The average Bonchev–Trinajstić information content (AvgIpc) is 3.48. The van der Waals surface area contributed by atoms with Crippen LogP contribution in [0.1, 0.15) is 19.3 Å². The Morgan fingerprint density at radius 1 is 0.781 bits per heavy atom. The smallest absolute Gasteiger partial charge is 0.227 e. The maximum Gasteiger partial charge on any atom is 2.00 e. The molecule has 2 heteroatoms. The fraction of sp³-hybridized carbons (Fsp3) is 0.133. The Balaban J connectivity index is 0.000000205. The Hall–Kier alpha value is -2.07. The SMILES string of the molecule is C1=CCC2CC[CH-]C2=C1.[Zr+2].c1ccc(P(c2ccccc2)c2cc3ccccc3[cH-]2)cc1. The Morgan fingerprint density at radius 3 is 2.09 bits per heavy atom. The van der Waals surface area contributed by atoms with Crippen LogP contribution < -0.4 is 15.9 Å². The Kier molecular flexibility index (Phi) is 8.07. The van der Waals surface area contributed by atoms with Crippen molar-refractivity contribution in [3.63, 3.8) is 0 Å². The van der Waals surface area contributed by atoms with Gasteiger partial charge in [-0.2, -0.15) is 6.07 Å². The third-order valence-corrected chi connectivity index (χ3v) is 8.51. The van der Waals surface area contributed by atoms with Gasteiger partial charge in [0.25, 0.3) is 0 Å². The van der Waals surface area contributed by atoms with E-state index in [1.165, 1.54) is 45.9 Å². The van der Waals surface area contributed by atoms with Crippen LogP contribution in [0.4, 0.5) is 0 Å². The first-order valence-corrected chi connectivity index (χ1v) is 12.5. The predicted octanol–water partition coefficient (Wildman–Crippen LogP) is 6.80. The minimum Gasteiger partial charge on any atom is -0.227 e. The van der Waals surface area contributed by atoms with E-state index in [4.69, 9.17) is 0 Å². The minimum absolute atomic E-state index is 0. The fourth-order valence-electron chi connectivity index (χ4n) is 4.53. The standard InChI is InChI=1S/C21H16P.C9H11.Zr/c1-3-11-19(12-4-1)22(20-13-5-2-6-14-20)21-15-17-9-7-8-10-18(17)16-21;1-2-5-9-7-3-6-8(9)4-1;/h1-16H;1-2,4,6,9H,3,5,7H2;/q2*-1;+2. The Labute approximate surface area is 212 Å². The molecule has 0 bridgehead atoms. The van der Waals surface area contributed by atoms with Crippen molar-refractivity contribution in [1.82, 2.24) is 0 Å². The van der Waals surface area contributed by atoms with Crippen molar-refractivity contribution in [3.8, 4) is 0 Å². The van der Waals surface area contributed by atoms with E-state index in [1.54, 1.807) is 5.57 Å². The summed E-state index contributed by atoms with van der Waals surface area (Å²) in [7, 11) is -0.493. The Bertz CT molecular complexity index is 1110. The van der Waals surface area contributed by atoms with E-state index in [0.717, 1.165) is 5.92 Å². The summed E-state index contributed by atoms with van der Waals surface area (Å²) in [5.41, 5.74) is 1.58. The van der Waals surface area contributed by atoms with Crippen molar-refractivity contribution >= 4 is 34.6 Å². The molecule has 0 N–H and O–H groups in total. The summed E-state index contributed by atoms with van der Waals surface area (Å²) in [6.07, 6.45) is 13.0. The van der Waals surface area contributed by atoms with Gasteiger partial charge in [0.05, 0.1) is 0 Å². The molecule has 0 radical (unpaired) electrons. The molecule has 0 heterocycles. The quantitative estimate of drug-likeness (QED) is 0.210. The summed E-state index contributed by atoms with van der Waals surface area (Å²) in [5.74, 6) is 0.884. The molecule has 2 aliphatic carbocycles. The number of hydrogen-bond acceptors (Lipinski definition) is 0. The Morgan fingerprint density at radius 2 is 1.44 bits per heavy atom. The molecule has 1 atom stereocenters. The van der Waals surface area contributed by atoms with Gasteiger partial charge >= 0.3 is 26.2 Å². The minimum atomic E-state index is -0.493. The van der Waals surface area contributed by atoms with Gasteiger partial charge < -0.3 is 0 Å². The fourth-order valence-corrected chi connectivity index (χ4v) is 6.90. The van der Waals surface area contributed by atoms with Gasteiger partial charge in [0.2, 0.25) is 0 Å². The number of rotatable bonds is 3. The van der Waals surface area contributed by atoms with Crippen molar-refractivity contribution < 1.29 is 26.2 Å². The maximum atomic E-state index is 2.37. The molecule has 1 fully saturated rings. The van der Waals surface area contributed by atoms with Gasteiger partial charge in [-0.3, -0.25) is 0 Å². The summed E-state index contributed by atoms with van der Waals surface area (Å²) in [4.78, 5) is 0. The molecule has 0 saturated heterocycles. The molecular formula is C30H27PZr. The molecule has 1 unspecified atom stereocenters. The van der Waals surface area contributed by atoms with Crippen LogP contribution >= 0.6 is 7.92 Å². The van der Waals surface area contributed by atoms with Crippen LogP contribution in [0.3, 0.4) is 0 Å². The monoisotopic (exact) mass is 508 g/mol. The second-order valence-electron chi connectivity index (χ2n) is 8.16. The van der Waals surface area contributed by atoms with E-state index < -0.39 is 7.92 Å². The van der Waals surface area contributed by atoms with Crippen molar-refractivity contribution in [3.05, 3.63) is 127 Å². The average molecular weight is 510 g/mol. The molecule has 0 spiro atoms. The normalized spacial score (nSPS) is 16.4. The summed E-state index contributed by atoms with van der Waals surface area (Å²) in [6, 6.07) is 35.0. The van der Waals surface area contributed by atoms with Crippen molar-refractivity contribution in [2.24, 2.45) is 5.92 Å². The van der Waals surface area contributed by atoms with E-state index in [0.29, 0.717) is 0 Å². The van der Waals surface area contributed by atoms with E-state index in [1.807, 2.05) is 0 Å². The first kappa shape index (κ1) is 23.1. The molecule has 0 aliphatic heterocycles. The summed E-state index contributed by atoms with van der Waals surface area (Å²) in [6.45, 7) is 0. The van der Waals surface area contributed by atoms with Crippen LogP contribution in [0.15, 0.2) is 121 Å². The van der Waals surface area contributed by atoms with E-state index >= 15 is 0 Å². The van der Waals surface area contributed by atoms with Gasteiger partial charge in [0, 0.05) is 0 Å². The molecule has 156 valence electrons. The van der Waals surface area contributed by atoms with Gasteiger partial charge in [0.15, 0.2) is 0 Å². The molecule has 6 rings (SSSR count). The first-order valence-electron chi connectivity index (χ1n) is 11.1. The predicted molar refractivity (Wildman–Crippen MR) is 137 cm³/mol. The van der Waals surface area contributed by atoms with Crippen LogP contribution in [-0.2, 0) is 26.2 Å². The molecule has 0 amide bonds. The first-order chi connectivity index (χ1) is 15.4. The number of fused-ring (bicyclic) bond motifs is 2. The number of benzene rings is 3. The summed E-state index contributed by atoms with van der Waals surface area (Å²) < 4.78 is 0. The topological polar surface area (TPSA) is 0 Å². The van der Waals surface area contributed by atoms with E-state index in [2.05, 4.69) is 122 Å². The zero-order chi connectivity index (χ0) is 20.9. The second kappa shape index (κ2) is 11.2. The molecule has 1 saturated carbocycles. The second-order valence-corrected chi connectivity index (χ2v) is 10.4. The van der Waals surface area contributed by atoms with Crippen molar-refractivity contribution in [1.29, 1.82) is 0 Å². The van der Waals surface area contributed by atoms with Crippen molar-refractivity contribution in [2.45, 2.75) is 19.3 Å². The molecule has 4 aromatic carbocycles. The zero-order valence-corrected chi connectivity index (χ0v) is 21.5. The third kappa shape index (κ3) is 5.28. The number of hydrogen-bond donors (Lipinski definition) is 0. The van der Waals surface area contributed by atoms with Crippen LogP contribution in [-0.4, -0.2) is 0 Å². The van der Waals surface area contributed by atoms with Crippen LogP contribution in [0.2, 0.25) is 0 Å². The summed E-state index contributed by atoms with van der Waals surface area (Å²) >= 11 is 0. The molecule has 4 aromatic rings.